The van der Waals surface area contributed by atoms with Crippen molar-refractivity contribution in [3.8, 4) is 0 Å². The van der Waals surface area contributed by atoms with Crippen molar-refractivity contribution in [2.24, 2.45) is 0 Å². The van der Waals surface area contributed by atoms with Crippen LogP contribution in [0.1, 0.15) is 24.8 Å². The second-order valence-corrected chi connectivity index (χ2v) is 3.44. The van der Waals surface area contributed by atoms with E-state index in [1.165, 1.54) is 4.52 Å². The molecule has 0 aliphatic heterocycles. The monoisotopic (exact) mass is 206 g/mol. The van der Waals surface area contributed by atoms with Crippen LogP contribution in [-0.2, 0) is 4.79 Å². The zero-order chi connectivity index (χ0) is 10.8. The lowest BCUT2D eigenvalue weighted by Crippen LogP contribution is -2.03. The molecular weight excluding hydrogens is 196 g/mol. The summed E-state index contributed by atoms with van der Waals surface area (Å²) in [5, 5.41) is 19.7. The zero-order valence-electron chi connectivity index (χ0n) is 8.16. The number of fused-ring (bicyclic) bond motifs is 1. The van der Waals surface area contributed by atoms with Crippen LogP contribution in [0.15, 0.2) is 18.3 Å². The third-order valence-corrected chi connectivity index (χ3v) is 2.27. The average Bonchev–Trinajstić information content (AvgIpc) is 2.62. The number of hydrogen-bond acceptors (Lipinski definition) is 4. The molecule has 0 saturated carbocycles. The zero-order valence-corrected chi connectivity index (χ0v) is 8.16. The Bertz CT molecular complexity index is 494. The molecule has 0 aliphatic rings. The number of carboxylic acid groups (broad SMARTS) is 1. The first-order valence-electron chi connectivity index (χ1n) is 4.56. The first-order chi connectivity index (χ1) is 7.16. The molecule has 0 aromatic carbocycles. The molecule has 1 atom stereocenters. The molecule has 78 valence electrons. The average molecular weight is 206 g/mol. The Morgan fingerprint density at radius 2 is 2.47 bits per heavy atom. The van der Waals surface area contributed by atoms with Crippen molar-refractivity contribution < 1.29 is 9.90 Å². The number of hydrogen-bond donors (Lipinski definition) is 1. The quantitative estimate of drug-likeness (QED) is 0.799. The minimum absolute atomic E-state index is 0.0378. The maximum atomic E-state index is 10.6. The number of rotatable bonds is 3. The fraction of sp³-hybridized carbons (Fsp3) is 0.333. The van der Waals surface area contributed by atoms with Gasteiger partial charge in [0.2, 0.25) is 0 Å². The number of tetrazole rings is 1. The molecule has 2 heterocycles. The van der Waals surface area contributed by atoms with Gasteiger partial charge in [-0.3, -0.25) is 4.79 Å². The summed E-state index contributed by atoms with van der Waals surface area (Å²) in [6, 6.07) is 3.63. The van der Waals surface area contributed by atoms with Crippen molar-refractivity contribution in [3.05, 3.63) is 23.9 Å². The van der Waals surface area contributed by atoms with Crippen molar-refractivity contribution in [3.63, 3.8) is 0 Å². The highest BCUT2D eigenvalue weighted by molar-refractivity contribution is 5.68. The summed E-state index contributed by atoms with van der Waals surface area (Å²) in [4.78, 5) is 10.6. The van der Waals surface area contributed by atoms with Crippen LogP contribution in [0.4, 0.5) is 0 Å². The maximum absolute atomic E-state index is 10.6. The van der Waals surface area contributed by atoms with E-state index in [-0.39, 0.29) is 12.3 Å². The molecule has 0 amide bonds. The van der Waals surface area contributed by atoms with E-state index in [0.29, 0.717) is 5.65 Å². The third-order valence-electron chi connectivity index (χ3n) is 2.27. The van der Waals surface area contributed by atoms with E-state index in [9.17, 15) is 4.79 Å². The summed E-state index contributed by atoms with van der Waals surface area (Å²) >= 11 is 0. The van der Waals surface area contributed by atoms with Gasteiger partial charge in [0, 0.05) is 6.20 Å². The van der Waals surface area contributed by atoms with Crippen LogP contribution >= 0.6 is 0 Å². The molecule has 0 bridgehead atoms. The molecule has 1 unspecified atom stereocenters. The van der Waals surface area contributed by atoms with Gasteiger partial charge in [0.25, 0.3) is 0 Å². The molecule has 0 radical (unpaired) electrons. The lowest BCUT2D eigenvalue weighted by Gasteiger charge is -2.08. The Balaban J connectivity index is 2.30. The summed E-state index contributed by atoms with van der Waals surface area (Å²) < 4.78 is 1.54. The molecule has 6 nitrogen and oxygen atoms in total. The normalized spacial score (nSPS) is 12.9. The molecule has 6 heteroatoms. The molecule has 2 aromatic heterocycles. The number of aromatic nitrogens is 4. The van der Waals surface area contributed by atoms with E-state index in [0.717, 1.165) is 5.56 Å². The maximum Gasteiger partial charge on any atom is 0.303 e. The van der Waals surface area contributed by atoms with E-state index in [1.54, 1.807) is 12.3 Å². The highest BCUT2D eigenvalue weighted by atomic mass is 16.4. The molecular formula is C9H10N4O2. The van der Waals surface area contributed by atoms with Crippen molar-refractivity contribution >= 4 is 11.6 Å². The fourth-order valence-corrected chi connectivity index (χ4v) is 1.44. The van der Waals surface area contributed by atoms with Gasteiger partial charge in [-0.15, -0.1) is 5.10 Å². The Labute approximate surface area is 85.5 Å². The van der Waals surface area contributed by atoms with E-state index >= 15 is 0 Å². The first kappa shape index (κ1) is 9.57. The minimum Gasteiger partial charge on any atom is -0.481 e. The molecule has 0 aliphatic carbocycles. The highest BCUT2D eigenvalue weighted by Crippen LogP contribution is 2.19. The molecule has 2 rings (SSSR count). The number of nitrogens with zero attached hydrogens (tertiary/aromatic N) is 4. The van der Waals surface area contributed by atoms with Gasteiger partial charge in [0.1, 0.15) is 0 Å². The molecule has 0 saturated heterocycles. The fourth-order valence-electron chi connectivity index (χ4n) is 1.44. The number of aliphatic carboxylic acids is 1. The van der Waals surface area contributed by atoms with Gasteiger partial charge in [-0.2, -0.15) is 0 Å². The Morgan fingerprint density at radius 1 is 1.67 bits per heavy atom. The molecule has 0 fully saturated rings. The smallest absolute Gasteiger partial charge is 0.303 e. The Kier molecular flexibility index (Phi) is 2.32. The van der Waals surface area contributed by atoms with Crippen LogP contribution in [0.5, 0.6) is 0 Å². The molecule has 0 spiro atoms. The summed E-state index contributed by atoms with van der Waals surface area (Å²) in [7, 11) is 0. The first-order valence-corrected chi connectivity index (χ1v) is 4.56. The minimum atomic E-state index is -0.804. The lowest BCUT2D eigenvalue weighted by atomic mass is 9.99. The summed E-state index contributed by atoms with van der Waals surface area (Å²) in [6.45, 7) is 1.86. The van der Waals surface area contributed by atoms with E-state index in [1.807, 2.05) is 13.0 Å². The van der Waals surface area contributed by atoms with E-state index in [2.05, 4.69) is 15.5 Å². The van der Waals surface area contributed by atoms with Crippen LogP contribution in [0, 0.1) is 0 Å². The number of pyridine rings is 1. The Morgan fingerprint density at radius 3 is 3.20 bits per heavy atom. The van der Waals surface area contributed by atoms with Crippen molar-refractivity contribution in [1.82, 2.24) is 20.0 Å². The highest BCUT2D eigenvalue weighted by Gasteiger charge is 2.11. The molecule has 1 N–H and O–H groups in total. The molecule has 2 aromatic rings. The third kappa shape index (κ3) is 1.93. The predicted molar refractivity (Wildman–Crippen MR) is 51.4 cm³/mol. The van der Waals surface area contributed by atoms with Gasteiger partial charge in [-0.25, -0.2) is 4.52 Å². The summed E-state index contributed by atoms with van der Waals surface area (Å²) in [5.41, 5.74) is 1.56. The van der Waals surface area contributed by atoms with Gasteiger partial charge >= 0.3 is 5.97 Å². The van der Waals surface area contributed by atoms with Crippen molar-refractivity contribution in [1.29, 1.82) is 0 Å². The summed E-state index contributed by atoms with van der Waals surface area (Å²) in [6.07, 6.45) is 1.83. The van der Waals surface area contributed by atoms with Crippen molar-refractivity contribution in [2.75, 3.05) is 0 Å². The number of carbonyl (C=O) groups is 1. The van der Waals surface area contributed by atoms with Gasteiger partial charge in [0.15, 0.2) is 5.65 Å². The summed E-state index contributed by atoms with van der Waals surface area (Å²) in [5.74, 6) is -0.842. The topological polar surface area (TPSA) is 80.4 Å². The van der Waals surface area contributed by atoms with E-state index < -0.39 is 5.97 Å². The SMILES string of the molecule is CC(CC(=O)O)c1ccn2nnnc2c1. The molecule has 15 heavy (non-hydrogen) atoms. The van der Waals surface area contributed by atoms with Crippen LogP contribution < -0.4 is 0 Å². The predicted octanol–water partition coefficient (Wildman–Crippen LogP) is 0.702. The van der Waals surface area contributed by atoms with Gasteiger partial charge in [-0.05, 0) is 34.0 Å². The second kappa shape index (κ2) is 3.64. The van der Waals surface area contributed by atoms with Crippen LogP contribution in [0.3, 0.4) is 0 Å². The van der Waals surface area contributed by atoms with Gasteiger partial charge in [-0.1, -0.05) is 6.92 Å². The van der Waals surface area contributed by atoms with Crippen LogP contribution in [0.2, 0.25) is 0 Å². The second-order valence-electron chi connectivity index (χ2n) is 3.44. The Hall–Kier alpha value is -1.98. The van der Waals surface area contributed by atoms with Crippen molar-refractivity contribution in [2.45, 2.75) is 19.3 Å². The van der Waals surface area contributed by atoms with Crippen LogP contribution in [-0.4, -0.2) is 31.1 Å². The van der Waals surface area contributed by atoms with Crippen LogP contribution in [0.25, 0.3) is 5.65 Å². The van der Waals surface area contributed by atoms with Gasteiger partial charge in [0.05, 0.1) is 6.42 Å². The standard InChI is InChI=1S/C9H10N4O2/c1-6(4-9(14)15)7-2-3-13-8(5-7)10-11-12-13/h2-3,5-6H,4H2,1H3,(H,14,15). The lowest BCUT2D eigenvalue weighted by molar-refractivity contribution is -0.137. The van der Waals surface area contributed by atoms with Gasteiger partial charge < -0.3 is 5.11 Å². The number of carboxylic acids is 1. The largest absolute Gasteiger partial charge is 0.481 e. The van der Waals surface area contributed by atoms with E-state index in [4.69, 9.17) is 5.11 Å².